The molecule has 0 amide bonds. The number of aliphatic hydroxyl groups is 1. The van der Waals surface area contributed by atoms with Crippen LogP contribution >= 0.6 is 11.6 Å². The van der Waals surface area contributed by atoms with Crippen LogP contribution in [0.5, 0.6) is 17.2 Å². The Morgan fingerprint density at radius 3 is 2.67 bits per heavy atom. The monoisotopic (exact) mass is 601 g/mol. The predicted octanol–water partition coefficient (Wildman–Crippen LogP) is 6.78. The van der Waals surface area contributed by atoms with E-state index >= 15 is 4.39 Å². The largest absolute Gasteiger partial charge is 0.494 e. The number of nitriles is 1. The van der Waals surface area contributed by atoms with Crippen molar-refractivity contribution in [2.45, 2.75) is 45.6 Å². The number of fused-ring (bicyclic) bond motifs is 1. The lowest BCUT2D eigenvalue weighted by atomic mass is 9.96. The topological polar surface area (TPSA) is 96.6 Å². The number of halogens is 2. The molecule has 1 aromatic heterocycles. The zero-order valence-electron chi connectivity index (χ0n) is 24.2. The molecule has 9 heteroatoms. The van der Waals surface area contributed by atoms with Crippen LogP contribution in [0.3, 0.4) is 0 Å². The summed E-state index contributed by atoms with van der Waals surface area (Å²) in [6.07, 6.45) is 3.54. The van der Waals surface area contributed by atoms with Crippen LogP contribution in [0.15, 0.2) is 67.0 Å². The second-order valence-corrected chi connectivity index (χ2v) is 11.2. The standard InChI is InChI=1S/C34H33ClFN3O4/c1-20-10-28-25(26-7-5-9-30(41-3)33(26)36)6-4-8-27(28)34(20)43-32-13-31(24(12-29(32)35)17-39-21(2)18-40)42-19-23-11-22(14-37)15-38-16-23/h4-9,11-13,15-16,20-21,34,39-40H,10,17-19H2,1-3H3/t20?,21-,34?/m1/s1. The van der Waals surface area contributed by atoms with Crippen LogP contribution in [0.1, 0.15) is 47.8 Å². The Hall–Kier alpha value is -4.16. The van der Waals surface area contributed by atoms with Gasteiger partial charge in [-0.25, -0.2) is 4.39 Å². The zero-order chi connectivity index (χ0) is 30.5. The molecule has 0 aliphatic heterocycles. The maximum absolute atomic E-state index is 15.2. The summed E-state index contributed by atoms with van der Waals surface area (Å²) >= 11 is 6.77. The van der Waals surface area contributed by atoms with Crippen LogP contribution in [0.2, 0.25) is 5.02 Å². The third-order valence-corrected chi connectivity index (χ3v) is 7.93. The molecule has 7 nitrogen and oxygen atoms in total. The van der Waals surface area contributed by atoms with Crippen molar-refractivity contribution in [3.8, 4) is 34.4 Å². The Bertz CT molecular complexity index is 1660. The molecule has 0 fully saturated rings. The van der Waals surface area contributed by atoms with Crippen LogP contribution in [-0.2, 0) is 19.6 Å². The second kappa shape index (κ2) is 13.4. The normalized spacial score (nSPS) is 16.3. The van der Waals surface area contributed by atoms with Gasteiger partial charge in [-0.1, -0.05) is 48.9 Å². The molecular formula is C34H33ClFN3O4. The van der Waals surface area contributed by atoms with Gasteiger partial charge in [0, 0.05) is 53.7 Å². The fourth-order valence-electron chi connectivity index (χ4n) is 5.36. The van der Waals surface area contributed by atoms with Crippen molar-refractivity contribution in [2.24, 2.45) is 5.92 Å². The van der Waals surface area contributed by atoms with E-state index in [1.807, 2.05) is 25.1 Å². The maximum Gasteiger partial charge on any atom is 0.172 e. The molecule has 1 aliphatic carbocycles. The number of nitrogens with one attached hydrogen (secondary N) is 1. The minimum atomic E-state index is -0.393. The Labute approximate surface area is 255 Å². The van der Waals surface area contributed by atoms with Crippen molar-refractivity contribution >= 4 is 11.6 Å². The van der Waals surface area contributed by atoms with Gasteiger partial charge in [-0.2, -0.15) is 5.26 Å². The molecule has 5 rings (SSSR count). The molecule has 0 saturated carbocycles. The number of hydrogen-bond acceptors (Lipinski definition) is 7. The molecule has 1 heterocycles. The predicted molar refractivity (Wildman–Crippen MR) is 163 cm³/mol. The summed E-state index contributed by atoms with van der Waals surface area (Å²) < 4.78 is 33.3. The molecular weight excluding hydrogens is 569 g/mol. The maximum atomic E-state index is 15.2. The number of nitrogens with zero attached hydrogens (tertiary/aromatic N) is 2. The lowest BCUT2D eigenvalue weighted by Crippen LogP contribution is -2.28. The van der Waals surface area contributed by atoms with Gasteiger partial charge in [-0.15, -0.1) is 0 Å². The van der Waals surface area contributed by atoms with Crippen molar-refractivity contribution in [1.82, 2.24) is 10.3 Å². The Kier molecular flexibility index (Phi) is 9.46. The number of hydrogen-bond donors (Lipinski definition) is 2. The number of benzene rings is 3. The van der Waals surface area contributed by atoms with E-state index in [0.717, 1.165) is 27.8 Å². The summed E-state index contributed by atoms with van der Waals surface area (Å²) in [6.45, 7) is 4.56. The molecule has 3 aromatic carbocycles. The van der Waals surface area contributed by atoms with Gasteiger partial charge >= 0.3 is 0 Å². The molecule has 43 heavy (non-hydrogen) atoms. The van der Waals surface area contributed by atoms with Gasteiger partial charge in [-0.3, -0.25) is 4.98 Å². The number of rotatable bonds is 11. The van der Waals surface area contributed by atoms with E-state index in [1.165, 1.54) is 13.3 Å². The van der Waals surface area contributed by atoms with Gasteiger partial charge in [0.15, 0.2) is 11.6 Å². The van der Waals surface area contributed by atoms with Crippen molar-refractivity contribution in [3.05, 3.63) is 106 Å². The summed E-state index contributed by atoms with van der Waals surface area (Å²) in [4.78, 5) is 4.12. The molecule has 222 valence electrons. The molecule has 0 bridgehead atoms. The molecule has 2 unspecified atom stereocenters. The summed E-state index contributed by atoms with van der Waals surface area (Å²) in [5.41, 5.74) is 5.29. The van der Waals surface area contributed by atoms with Crippen molar-refractivity contribution in [1.29, 1.82) is 5.26 Å². The smallest absolute Gasteiger partial charge is 0.172 e. The van der Waals surface area contributed by atoms with Crippen LogP contribution in [-0.4, -0.2) is 29.8 Å². The molecule has 4 aromatic rings. The number of ether oxygens (including phenoxy) is 3. The highest BCUT2D eigenvalue weighted by Crippen LogP contribution is 2.46. The summed E-state index contributed by atoms with van der Waals surface area (Å²) in [5.74, 6) is 0.915. The Balaban J connectivity index is 1.46. The van der Waals surface area contributed by atoms with Crippen LogP contribution in [0, 0.1) is 23.1 Å². The number of aliphatic hydroxyl groups excluding tert-OH is 1. The second-order valence-electron chi connectivity index (χ2n) is 10.8. The van der Waals surface area contributed by atoms with Crippen LogP contribution < -0.4 is 19.5 Å². The van der Waals surface area contributed by atoms with E-state index in [9.17, 15) is 10.4 Å². The van der Waals surface area contributed by atoms with E-state index < -0.39 is 5.82 Å². The van der Waals surface area contributed by atoms with Crippen molar-refractivity contribution < 1.29 is 23.7 Å². The number of aromatic nitrogens is 1. The minimum Gasteiger partial charge on any atom is -0.494 e. The van der Waals surface area contributed by atoms with Gasteiger partial charge < -0.3 is 24.6 Å². The van der Waals surface area contributed by atoms with Crippen molar-refractivity contribution in [2.75, 3.05) is 13.7 Å². The molecule has 1 aliphatic rings. The van der Waals surface area contributed by atoms with Gasteiger partial charge in [0.2, 0.25) is 0 Å². The molecule has 3 atom stereocenters. The van der Waals surface area contributed by atoms with E-state index in [0.29, 0.717) is 40.6 Å². The molecule has 0 radical (unpaired) electrons. The number of methoxy groups -OCH3 is 1. The molecule has 0 saturated heterocycles. The Morgan fingerprint density at radius 2 is 1.91 bits per heavy atom. The molecule has 2 N–H and O–H groups in total. The van der Waals surface area contributed by atoms with E-state index in [1.54, 1.807) is 42.6 Å². The van der Waals surface area contributed by atoms with Crippen molar-refractivity contribution in [3.63, 3.8) is 0 Å². The highest BCUT2D eigenvalue weighted by molar-refractivity contribution is 6.32. The Morgan fingerprint density at radius 1 is 1.12 bits per heavy atom. The van der Waals surface area contributed by atoms with Crippen LogP contribution in [0.4, 0.5) is 4.39 Å². The van der Waals surface area contributed by atoms with E-state index in [-0.39, 0.29) is 37.0 Å². The first kappa shape index (κ1) is 30.3. The average molecular weight is 602 g/mol. The lowest BCUT2D eigenvalue weighted by Gasteiger charge is -2.22. The quantitative estimate of drug-likeness (QED) is 0.195. The zero-order valence-corrected chi connectivity index (χ0v) is 25.0. The third kappa shape index (κ3) is 6.60. The van der Waals surface area contributed by atoms with Gasteiger partial charge in [0.05, 0.1) is 24.3 Å². The van der Waals surface area contributed by atoms with Crippen LogP contribution in [0.25, 0.3) is 11.1 Å². The van der Waals surface area contributed by atoms with E-state index in [2.05, 4.69) is 23.3 Å². The first-order chi connectivity index (χ1) is 20.8. The summed E-state index contributed by atoms with van der Waals surface area (Å²) in [6, 6.07) is 18.3. The molecule has 0 spiro atoms. The highest BCUT2D eigenvalue weighted by Gasteiger charge is 2.34. The fourth-order valence-corrected chi connectivity index (χ4v) is 5.59. The van der Waals surface area contributed by atoms with Gasteiger partial charge in [0.1, 0.15) is 30.3 Å². The fraction of sp³-hybridized carbons (Fsp3) is 0.294. The average Bonchev–Trinajstić information content (AvgIpc) is 3.35. The lowest BCUT2D eigenvalue weighted by molar-refractivity contribution is 0.158. The first-order valence-corrected chi connectivity index (χ1v) is 14.5. The van der Waals surface area contributed by atoms with Gasteiger partial charge in [0.25, 0.3) is 0 Å². The summed E-state index contributed by atoms with van der Waals surface area (Å²) in [5, 5.41) is 22.4. The van der Waals surface area contributed by atoms with E-state index in [4.69, 9.17) is 25.8 Å². The highest BCUT2D eigenvalue weighted by atomic mass is 35.5. The minimum absolute atomic E-state index is 0.0155. The third-order valence-electron chi connectivity index (χ3n) is 7.64. The SMILES string of the molecule is COc1cccc(-c2cccc3c2CC(C)C3Oc2cc(OCc3cncc(C#N)c3)c(CN[C@H](C)CO)cc2Cl)c1F. The first-order valence-electron chi connectivity index (χ1n) is 14.1. The summed E-state index contributed by atoms with van der Waals surface area (Å²) in [7, 11) is 1.46. The number of pyridine rings is 1. The van der Waals surface area contributed by atoms with Gasteiger partial charge in [-0.05, 0) is 48.2 Å².